The Labute approximate surface area is 192 Å². The molecule has 1 unspecified atom stereocenters. The van der Waals surface area contributed by atoms with Gasteiger partial charge in [0.1, 0.15) is 5.76 Å². The second kappa shape index (κ2) is 10.5. The predicted molar refractivity (Wildman–Crippen MR) is 119 cm³/mol. The number of nitrogens with one attached hydrogen (secondary N) is 1. The Kier molecular flexibility index (Phi) is 7.92. The second-order valence-electron chi connectivity index (χ2n) is 7.65. The van der Waals surface area contributed by atoms with Gasteiger partial charge in [0, 0.05) is 12.6 Å². The summed E-state index contributed by atoms with van der Waals surface area (Å²) in [5.41, 5.74) is -0.0332. The molecular weight excluding hydrogens is 472 g/mol. The van der Waals surface area contributed by atoms with Crippen LogP contribution in [-0.4, -0.2) is 64.3 Å². The second-order valence-corrected chi connectivity index (χ2v) is 11.6. The first-order chi connectivity index (χ1) is 15.6. The molecule has 1 aromatic carbocycles. The van der Waals surface area contributed by atoms with E-state index in [4.69, 9.17) is 9.15 Å². The van der Waals surface area contributed by atoms with Gasteiger partial charge in [0.2, 0.25) is 10.0 Å². The lowest BCUT2D eigenvalue weighted by Gasteiger charge is -2.27. The number of furan rings is 1. The van der Waals surface area contributed by atoms with Gasteiger partial charge in [-0.2, -0.15) is 0 Å². The van der Waals surface area contributed by atoms with Crippen LogP contribution in [0.2, 0.25) is 0 Å². The third-order valence-electron chi connectivity index (χ3n) is 5.16. The van der Waals surface area contributed by atoms with Crippen molar-refractivity contribution < 1.29 is 35.6 Å². The number of esters is 1. The molecule has 1 fully saturated rings. The lowest BCUT2D eigenvalue weighted by Crippen LogP contribution is -2.43. The summed E-state index contributed by atoms with van der Waals surface area (Å²) in [5.74, 6) is -0.991. The van der Waals surface area contributed by atoms with Crippen LogP contribution in [0.3, 0.4) is 0 Å². The summed E-state index contributed by atoms with van der Waals surface area (Å²) in [5, 5.41) is 0. The van der Waals surface area contributed by atoms with Gasteiger partial charge in [0.15, 0.2) is 16.4 Å². The monoisotopic (exact) mass is 498 g/mol. The molecule has 180 valence electrons. The van der Waals surface area contributed by atoms with Gasteiger partial charge in [0.25, 0.3) is 5.91 Å². The van der Waals surface area contributed by atoms with E-state index in [1.54, 1.807) is 12.1 Å². The Bertz CT molecular complexity index is 1190. The third kappa shape index (κ3) is 6.65. The molecule has 0 saturated carbocycles. The summed E-state index contributed by atoms with van der Waals surface area (Å²) in [7, 11) is -7.09. The Hall–Kier alpha value is -2.70. The minimum absolute atomic E-state index is 0.0279. The van der Waals surface area contributed by atoms with Crippen molar-refractivity contribution in [2.24, 2.45) is 0 Å². The van der Waals surface area contributed by atoms with Gasteiger partial charge in [-0.25, -0.2) is 26.4 Å². The van der Waals surface area contributed by atoms with Crippen molar-refractivity contribution in [1.82, 2.24) is 9.62 Å². The van der Waals surface area contributed by atoms with Crippen molar-refractivity contribution in [3.63, 3.8) is 0 Å². The van der Waals surface area contributed by atoms with E-state index in [9.17, 15) is 26.4 Å². The van der Waals surface area contributed by atoms with E-state index in [0.717, 1.165) is 6.07 Å². The molecule has 0 aliphatic carbocycles. The maximum absolute atomic E-state index is 12.6. The molecule has 2 aromatic rings. The largest absolute Gasteiger partial charge is 0.468 e. The van der Waals surface area contributed by atoms with Crippen molar-refractivity contribution in [3.8, 4) is 0 Å². The van der Waals surface area contributed by atoms with Crippen LogP contribution in [0.25, 0.3) is 0 Å². The molecule has 2 heterocycles. The molecule has 33 heavy (non-hydrogen) atoms. The predicted octanol–water partition coefficient (Wildman–Crippen LogP) is 1.34. The molecule has 0 bridgehead atoms. The fourth-order valence-corrected chi connectivity index (χ4v) is 6.29. The lowest BCUT2D eigenvalue weighted by molar-refractivity contribution is -0.136. The summed E-state index contributed by atoms with van der Waals surface area (Å²) in [6.07, 6.45) is 2.41. The van der Waals surface area contributed by atoms with Crippen molar-refractivity contribution in [1.29, 1.82) is 0 Å². The number of nitrogens with zero attached hydrogens (tertiary/aromatic N) is 1. The fraction of sp³-hybridized carbons (Fsp3) is 0.429. The SMILES string of the molecule is CCCN(C(=O)COC(=O)c1cccc(S(=O)(=O)NCc2ccco2)c1)C1CCS(=O)(=O)C1. The highest BCUT2D eigenvalue weighted by atomic mass is 32.2. The number of amides is 1. The fourth-order valence-electron chi connectivity index (χ4n) is 3.52. The number of carbonyl (C=O) groups excluding carboxylic acids is 2. The van der Waals surface area contributed by atoms with Crippen LogP contribution in [0, 0.1) is 0 Å². The molecule has 1 aliphatic rings. The third-order valence-corrected chi connectivity index (χ3v) is 8.31. The number of carbonyl (C=O) groups is 2. The van der Waals surface area contributed by atoms with Gasteiger partial charge in [-0.05, 0) is 43.2 Å². The number of rotatable bonds is 10. The minimum atomic E-state index is -3.92. The standard InChI is InChI=1S/C21H26N2O8S2/c1-2-9-23(17-8-11-32(26,27)15-17)20(24)14-31-21(25)16-5-3-7-19(12-16)33(28,29)22-13-18-6-4-10-30-18/h3-7,10,12,17,22H,2,8-9,11,13-15H2,1H3. The molecule has 12 heteroatoms. The van der Waals surface area contributed by atoms with E-state index in [1.807, 2.05) is 6.92 Å². The highest BCUT2D eigenvalue weighted by Gasteiger charge is 2.34. The highest BCUT2D eigenvalue weighted by Crippen LogP contribution is 2.19. The highest BCUT2D eigenvalue weighted by molar-refractivity contribution is 7.91. The number of sulfonamides is 1. The van der Waals surface area contributed by atoms with Gasteiger partial charge >= 0.3 is 5.97 Å². The van der Waals surface area contributed by atoms with E-state index in [1.165, 1.54) is 29.4 Å². The van der Waals surface area contributed by atoms with Crippen molar-refractivity contribution in [2.75, 3.05) is 24.7 Å². The molecule has 3 rings (SSSR count). The van der Waals surface area contributed by atoms with E-state index in [0.29, 0.717) is 25.1 Å². The van der Waals surface area contributed by atoms with Crippen LogP contribution < -0.4 is 4.72 Å². The van der Waals surface area contributed by atoms with E-state index in [2.05, 4.69) is 4.72 Å². The maximum Gasteiger partial charge on any atom is 0.338 e. The zero-order valence-corrected chi connectivity index (χ0v) is 19.7. The Morgan fingerprint density at radius 1 is 1.24 bits per heavy atom. The van der Waals surface area contributed by atoms with Crippen molar-refractivity contribution >= 4 is 31.7 Å². The molecule has 10 nitrogen and oxygen atoms in total. The Morgan fingerprint density at radius 3 is 2.67 bits per heavy atom. The first-order valence-corrected chi connectivity index (χ1v) is 13.7. The Balaban J connectivity index is 1.62. The molecule has 1 aromatic heterocycles. The molecule has 0 radical (unpaired) electrons. The van der Waals surface area contributed by atoms with E-state index in [-0.39, 0.29) is 28.5 Å². The van der Waals surface area contributed by atoms with Crippen molar-refractivity contribution in [2.45, 2.75) is 37.2 Å². The summed E-state index contributed by atoms with van der Waals surface area (Å²) in [6, 6.07) is 8.08. The normalized spacial score (nSPS) is 17.5. The minimum Gasteiger partial charge on any atom is -0.468 e. The number of ether oxygens (including phenoxy) is 1. The summed E-state index contributed by atoms with van der Waals surface area (Å²) >= 11 is 0. The summed E-state index contributed by atoms with van der Waals surface area (Å²) < 4.78 is 61.1. The number of sulfone groups is 1. The zero-order valence-electron chi connectivity index (χ0n) is 18.1. The topological polar surface area (TPSA) is 140 Å². The summed E-state index contributed by atoms with van der Waals surface area (Å²) in [6.45, 7) is 1.60. The molecular formula is C21H26N2O8S2. The molecule has 1 atom stereocenters. The van der Waals surface area contributed by atoms with Gasteiger partial charge in [-0.15, -0.1) is 0 Å². The number of benzene rings is 1. The average Bonchev–Trinajstić information content (AvgIpc) is 3.43. The van der Waals surface area contributed by atoms with Crippen LogP contribution >= 0.6 is 0 Å². The van der Waals surface area contributed by atoms with Gasteiger partial charge in [-0.3, -0.25) is 4.79 Å². The lowest BCUT2D eigenvalue weighted by atomic mass is 10.2. The smallest absolute Gasteiger partial charge is 0.338 e. The van der Waals surface area contributed by atoms with E-state index < -0.39 is 44.4 Å². The summed E-state index contributed by atoms with van der Waals surface area (Å²) in [4.78, 5) is 26.4. The molecule has 1 N–H and O–H groups in total. The van der Waals surface area contributed by atoms with Crippen LogP contribution in [0.15, 0.2) is 52.0 Å². The van der Waals surface area contributed by atoms with Crippen LogP contribution in [0.4, 0.5) is 0 Å². The molecule has 0 spiro atoms. The average molecular weight is 499 g/mol. The zero-order chi connectivity index (χ0) is 24.1. The number of hydrogen-bond donors (Lipinski definition) is 1. The first-order valence-electron chi connectivity index (χ1n) is 10.4. The van der Waals surface area contributed by atoms with Crippen LogP contribution in [0.5, 0.6) is 0 Å². The molecule has 1 saturated heterocycles. The quantitative estimate of drug-likeness (QED) is 0.484. The van der Waals surface area contributed by atoms with Crippen LogP contribution in [-0.2, 0) is 35.9 Å². The van der Waals surface area contributed by atoms with E-state index >= 15 is 0 Å². The Morgan fingerprint density at radius 2 is 2.03 bits per heavy atom. The van der Waals surface area contributed by atoms with Crippen LogP contribution in [0.1, 0.15) is 35.9 Å². The molecule has 1 aliphatic heterocycles. The van der Waals surface area contributed by atoms with Gasteiger partial charge < -0.3 is 14.1 Å². The molecule has 1 amide bonds. The number of hydrogen-bond acceptors (Lipinski definition) is 8. The van der Waals surface area contributed by atoms with Crippen molar-refractivity contribution in [3.05, 3.63) is 54.0 Å². The van der Waals surface area contributed by atoms with Gasteiger partial charge in [-0.1, -0.05) is 13.0 Å². The van der Waals surface area contributed by atoms with Gasteiger partial charge in [0.05, 0.1) is 34.8 Å². The first kappa shape index (κ1) is 24.9. The maximum atomic E-state index is 12.6.